The second-order valence-corrected chi connectivity index (χ2v) is 5.52. The molecule has 0 bridgehead atoms. The summed E-state index contributed by atoms with van der Waals surface area (Å²) in [6.45, 7) is 5.34. The molecule has 1 rings (SSSR count). The maximum atomic E-state index is 12.4. The second kappa shape index (κ2) is 4.84. The zero-order valence-corrected chi connectivity index (χ0v) is 10.3. The fourth-order valence-corrected chi connectivity index (χ4v) is 1.82. The van der Waals surface area contributed by atoms with E-state index in [9.17, 15) is 18.0 Å². The molecule has 6 heteroatoms. The third-order valence-corrected chi connectivity index (χ3v) is 2.69. The molecule has 1 heterocycles. The van der Waals surface area contributed by atoms with E-state index >= 15 is 0 Å². The van der Waals surface area contributed by atoms with E-state index < -0.39 is 18.1 Å². The molecular weight excluding hydrogens is 233 g/mol. The third kappa shape index (κ3) is 4.53. The first-order valence-electron chi connectivity index (χ1n) is 5.72. The Labute approximate surface area is 99.1 Å². The highest BCUT2D eigenvalue weighted by molar-refractivity contribution is 5.82. The van der Waals surface area contributed by atoms with Crippen molar-refractivity contribution in [1.82, 2.24) is 10.6 Å². The van der Waals surface area contributed by atoms with Crippen LogP contribution in [0.2, 0.25) is 0 Å². The molecule has 0 aromatic rings. The van der Waals surface area contributed by atoms with E-state index in [0.29, 0.717) is 0 Å². The van der Waals surface area contributed by atoms with Crippen LogP contribution in [0.4, 0.5) is 13.2 Å². The number of nitrogens with one attached hydrogen (secondary N) is 2. The Hall–Kier alpha value is -0.780. The molecule has 0 radical (unpaired) electrons. The second-order valence-electron chi connectivity index (χ2n) is 5.52. The molecule has 0 aromatic carbocycles. The van der Waals surface area contributed by atoms with Gasteiger partial charge >= 0.3 is 6.18 Å². The van der Waals surface area contributed by atoms with Crippen molar-refractivity contribution in [2.45, 2.75) is 51.4 Å². The van der Waals surface area contributed by atoms with Crippen LogP contribution >= 0.6 is 0 Å². The van der Waals surface area contributed by atoms with Crippen molar-refractivity contribution in [3.63, 3.8) is 0 Å². The quantitative estimate of drug-likeness (QED) is 0.747. The van der Waals surface area contributed by atoms with Gasteiger partial charge in [-0.25, -0.2) is 0 Å². The molecule has 2 atom stereocenters. The maximum absolute atomic E-state index is 12.4. The molecule has 1 amide bonds. The van der Waals surface area contributed by atoms with Crippen LogP contribution in [0.15, 0.2) is 0 Å². The van der Waals surface area contributed by atoms with Crippen molar-refractivity contribution >= 4 is 5.91 Å². The number of hydrogen-bond acceptors (Lipinski definition) is 2. The molecule has 1 saturated heterocycles. The van der Waals surface area contributed by atoms with Gasteiger partial charge < -0.3 is 10.6 Å². The van der Waals surface area contributed by atoms with Crippen LogP contribution in [0.1, 0.15) is 33.6 Å². The molecule has 2 unspecified atom stereocenters. The van der Waals surface area contributed by atoms with Crippen LogP contribution < -0.4 is 10.6 Å². The number of hydrogen-bond donors (Lipinski definition) is 2. The van der Waals surface area contributed by atoms with Crippen molar-refractivity contribution in [2.75, 3.05) is 6.54 Å². The first kappa shape index (κ1) is 14.3. The van der Waals surface area contributed by atoms with Crippen LogP contribution in [0.25, 0.3) is 0 Å². The predicted molar refractivity (Wildman–Crippen MR) is 58.5 cm³/mol. The van der Waals surface area contributed by atoms with Gasteiger partial charge in [-0.1, -0.05) is 0 Å². The number of alkyl halides is 3. The highest BCUT2D eigenvalue weighted by Gasteiger charge is 2.42. The maximum Gasteiger partial charge on any atom is 0.393 e. The molecule has 0 saturated carbocycles. The molecule has 3 nitrogen and oxygen atoms in total. The van der Waals surface area contributed by atoms with Gasteiger partial charge in [0.2, 0.25) is 5.91 Å². The Morgan fingerprint density at radius 1 is 1.24 bits per heavy atom. The van der Waals surface area contributed by atoms with Crippen molar-refractivity contribution in [3.8, 4) is 0 Å². The van der Waals surface area contributed by atoms with Gasteiger partial charge in [0.25, 0.3) is 0 Å². The molecule has 2 N–H and O–H groups in total. The summed E-state index contributed by atoms with van der Waals surface area (Å²) in [5.41, 5.74) is -0.361. The standard InChI is InChI=1S/C11H19F3N2O/c1-10(2,3)16-9(17)8-5-4-7(6-15-8)11(12,13)14/h7-8,15H,4-6H2,1-3H3,(H,16,17). The summed E-state index contributed by atoms with van der Waals surface area (Å²) in [6, 6.07) is -0.507. The van der Waals surface area contributed by atoms with E-state index in [1.165, 1.54) is 0 Å². The normalized spacial score (nSPS) is 26.7. The fourth-order valence-electron chi connectivity index (χ4n) is 1.82. The van der Waals surface area contributed by atoms with Gasteiger partial charge in [0.15, 0.2) is 0 Å². The molecular formula is C11H19F3N2O. The summed E-state index contributed by atoms with van der Waals surface area (Å²) >= 11 is 0. The van der Waals surface area contributed by atoms with Crippen LogP contribution in [0.5, 0.6) is 0 Å². The Kier molecular flexibility index (Phi) is 4.06. The van der Waals surface area contributed by atoms with Crippen LogP contribution in [0.3, 0.4) is 0 Å². The lowest BCUT2D eigenvalue weighted by molar-refractivity contribution is -0.180. The van der Waals surface area contributed by atoms with Crippen molar-refractivity contribution < 1.29 is 18.0 Å². The number of piperidine rings is 1. The summed E-state index contributed by atoms with van der Waals surface area (Å²) < 4.78 is 37.2. The van der Waals surface area contributed by atoms with Gasteiger partial charge in [-0.05, 0) is 33.6 Å². The van der Waals surface area contributed by atoms with Gasteiger partial charge in [-0.15, -0.1) is 0 Å². The Bertz CT molecular complexity index is 275. The van der Waals surface area contributed by atoms with E-state index in [2.05, 4.69) is 10.6 Å². The zero-order valence-electron chi connectivity index (χ0n) is 10.3. The molecule has 17 heavy (non-hydrogen) atoms. The van der Waals surface area contributed by atoms with E-state index in [4.69, 9.17) is 0 Å². The number of rotatable bonds is 1. The number of carbonyl (C=O) groups is 1. The topological polar surface area (TPSA) is 41.1 Å². The molecule has 1 aliphatic heterocycles. The first-order valence-corrected chi connectivity index (χ1v) is 5.72. The number of amides is 1. The summed E-state index contributed by atoms with van der Waals surface area (Å²) in [5, 5.41) is 5.43. The van der Waals surface area contributed by atoms with E-state index in [1.807, 2.05) is 20.8 Å². The summed E-state index contributed by atoms with van der Waals surface area (Å²) in [4.78, 5) is 11.7. The molecule has 1 fully saturated rings. The SMILES string of the molecule is CC(C)(C)NC(=O)C1CCC(C(F)(F)F)CN1. The van der Waals surface area contributed by atoms with E-state index in [1.54, 1.807) is 0 Å². The summed E-state index contributed by atoms with van der Waals surface area (Å²) in [7, 11) is 0. The van der Waals surface area contributed by atoms with E-state index in [-0.39, 0.29) is 30.8 Å². The summed E-state index contributed by atoms with van der Waals surface area (Å²) in [5.74, 6) is -1.56. The van der Waals surface area contributed by atoms with Crippen molar-refractivity contribution in [1.29, 1.82) is 0 Å². The Morgan fingerprint density at radius 2 is 1.82 bits per heavy atom. The van der Waals surface area contributed by atoms with Crippen molar-refractivity contribution in [3.05, 3.63) is 0 Å². The van der Waals surface area contributed by atoms with Crippen LogP contribution in [-0.4, -0.2) is 30.2 Å². The van der Waals surface area contributed by atoms with Crippen molar-refractivity contribution in [2.24, 2.45) is 5.92 Å². The molecule has 0 aliphatic carbocycles. The van der Waals surface area contributed by atoms with E-state index in [0.717, 1.165) is 0 Å². The minimum Gasteiger partial charge on any atom is -0.350 e. The summed E-state index contributed by atoms with van der Waals surface area (Å²) in [6.07, 6.45) is -3.93. The monoisotopic (exact) mass is 252 g/mol. The molecule has 1 aliphatic rings. The van der Waals surface area contributed by atoms with Gasteiger partial charge in [-0.3, -0.25) is 4.79 Å². The Balaban J connectivity index is 2.45. The minimum absolute atomic E-state index is 0.0126. The largest absolute Gasteiger partial charge is 0.393 e. The fraction of sp³-hybridized carbons (Fsp3) is 0.909. The van der Waals surface area contributed by atoms with Gasteiger partial charge in [0, 0.05) is 12.1 Å². The molecule has 0 aromatic heterocycles. The number of carbonyl (C=O) groups excluding carboxylic acids is 1. The third-order valence-electron chi connectivity index (χ3n) is 2.69. The zero-order chi connectivity index (χ0) is 13.3. The smallest absolute Gasteiger partial charge is 0.350 e. The first-order chi connectivity index (χ1) is 7.59. The lowest BCUT2D eigenvalue weighted by Gasteiger charge is -2.32. The van der Waals surface area contributed by atoms with Crippen LogP contribution in [0, 0.1) is 5.92 Å². The lowest BCUT2D eigenvalue weighted by Crippen LogP contribution is -2.54. The molecule has 0 spiro atoms. The van der Waals surface area contributed by atoms with Crippen LogP contribution in [-0.2, 0) is 4.79 Å². The average Bonchev–Trinajstić information content (AvgIpc) is 2.14. The van der Waals surface area contributed by atoms with Gasteiger partial charge in [0.05, 0.1) is 12.0 Å². The minimum atomic E-state index is -4.17. The predicted octanol–water partition coefficient (Wildman–Crippen LogP) is 1.83. The highest BCUT2D eigenvalue weighted by Crippen LogP contribution is 2.31. The lowest BCUT2D eigenvalue weighted by atomic mass is 9.93. The Morgan fingerprint density at radius 3 is 2.18 bits per heavy atom. The average molecular weight is 252 g/mol. The molecule has 100 valence electrons. The van der Waals surface area contributed by atoms with Gasteiger partial charge in [-0.2, -0.15) is 13.2 Å². The number of halogens is 3. The van der Waals surface area contributed by atoms with Gasteiger partial charge in [0.1, 0.15) is 0 Å². The highest BCUT2D eigenvalue weighted by atomic mass is 19.4.